The summed E-state index contributed by atoms with van der Waals surface area (Å²) in [5, 5.41) is 3.35. The third kappa shape index (κ3) is 2.52. The Hall–Kier alpha value is -1.73. The van der Waals surface area contributed by atoms with Gasteiger partial charge in [0.1, 0.15) is 5.76 Å². The van der Waals surface area contributed by atoms with Gasteiger partial charge in [-0.3, -0.25) is 10.1 Å². The molecule has 0 aliphatic carbocycles. The average Bonchev–Trinajstić information content (AvgIpc) is 2.94. The van der Waals surface area contributed by atoms with Crippen LogP contribution in [-0.2, 0) is 13.0 Å². The first-order chi connectivity index (χ1) is 9.11. The zero-order valence-electron chi connectivity index (χ0n) is 10.8. The maximum absolute atomic E-state index is 11.9. The zero-order chi connectivity index (χ0) is 13.4. The van der Waals surface area contributed by atoms with E-state index in [9.17, 15) is 4.79 Å². The number of carbonyl (C=O) groups is 1. The predicted molar refractivity (Wildman–Crippen MR) is 71.3 cm³/mol. The molecule has 7 heteroatoms. The molecular formula is C12H14N4O2S. The summed E-state index contributed by atoms with van der Waals surface area (Å²) in [5.74, 6) is 0.334. The molecule has 0 atom stereocenters. The number of hydrogen-bond donors (Lipinski definition) is 1. The fourth-order valence-corrected chi connectivity index (χ4v) is 3.07. The molecule has 0 saturated heterocycles. The molecular weight excluding hydrogens is 264 g/mol. The standard InChI is InChI=1S/C12H14N4O2S/c1-7-5-13-11(18-7)10(17)15-12-14-8-3-4-16(2)6-9(8)19-12/h5H,3-4,6H2,1-2H3,(H,14,15,17). The van der Waals surface area contributed by atoms with E-state index < -0.39 is 0 Å². The summed E-state index contributed by atoms with van der Waals surface area (Å²) < 4.78 is 5.18. The molecule has 1 aliphatic heterocycles. The molecule has 2 aromatic rings. The van der Waals surface area contributed by atoms with Crippen molar-refractivity contribution in [2.75, 3.05) is 18.9 Å². The van der Waals surface area contributed by atoms with Gasteiger partial charge in [-0.15, -0.1) is 11.3 Å². The van der Waals surface area contributed by atoms with Crippen LogP contribution in [0.4, 0.5) is 5.13 Å². The molecule has 0 fully saturated rings. The lowest BCUT2D eigenvalue weighted by molar-refractivity contribution is 0.0989. The Labute approximate surface area is 114 Å². The highest BCUT2D eigenvalue weighted by atomic mass is 32.1. The molecule has 0 saturated carbocycles. The van der Waals surface area contributed by atoms with Crippen molar-refractivity contribution < 1.29 is 9.21 Å². The first-order valence-corrected chi connectivity index (χ1v) is 6.84. The molecule has 1 aliphatic rings. The fraction of sp³-hybridized carbons (Fsp3) is 0.417. The number of amides is 1. The van der Waals surface area contributed by atoms with E-state index in [0.717, 1.165) is 25.2 Å². The van der Waals surface area contributed by atoms with E-state index in [1.807, 2.05) is 0 Å². The maximum atomic E-state index is 11.9. The lowest BCUT2D eigenvalue weighted by Gasteiger charge is -2.20. The van der Waals surface area contributed by atoms with E-state index in [4.69, 9.17) is 4.42 Å². The first-order valence-electron chi connectivity index (χ1n) is 6.03. The van der Waals surface area contributed by atoms with E-state index in [2.05, 4.69) is 27.2 Å². The summed E-state index contributed by atoms with van der Waals surface area (Å²) in [4.78, 5) is 23.7. The monoisotopic (exact) mass is 278 g/mol. The molecule has 19 heavy (non-hydrogen) atoms. The number of anilines is 1. The van der Waals surface area contributed by atoms with Crippen molar-refractivity contribution >= 4 is 22.4 Å². The Balaban J connectivity index is 1.75. The molecule has 3 heterocycles. The quantitative estimate of drug-likeness (QED) is 0.905. The summed E-state index contributed by atoms with van der Waals surface area (Å²) in [6.45, 7) is 3.64. The Bertz CT molecular complexity index is 619. The smallest absolute Gasteiger partial charge is 0.313 e. The second-order valence-corrected chi connectivity index (χ2v) is 5.69. The Kier molecular flexibility index (Phi) is 3.08. The number of hydrogen-bond acceptors (Lipinski definition) is 6. The number of carbonyl (C=O) groups excluding carboxylic acids is 1. The summed E-state index contributed by atoms with van der Waals surface area (Å²) >= 11 is 1.51. The Morgan fingerprint density at radius 1 is 1.58 bits per heavy atom. The number of nitrogens with one attached hydrogen (secondary N) is 1. The largest absolute Gasteiger partial charge is 0.438 e. The fourth-order valence-electron chi connectivity index (χ4n) is 1.99. The summed E-state index contributed by atoms with van der Waals surface area (Å²) in [6, 6.07) is 0. The van der Waals surface area contributed by atoms with Crippen molar-refractivity contribution in [3.8, 4) is 0 Å². The summed E-state index contributed by atoms with van der Waals surface area (Å²) in [7, 11) is 2.08. The predicted octanol–water partition coefficient (Wildman–Crippen LogP) is 1.68. The first kappa shape index (κ1) is 12.3. The lowest BCUT2D eigenvalue weighted by Crippen LogP contribution is -2.25. The van der Waals surface area contributed by atoms with Crippen LogP contribution in [0, 0.1) is 6.92 Å². The highest BCUT2D eigenvalue weighted by molar-refractivity contribution is 7.15. The van der Waals surface area contributed by atoms with E-state index in [-0.39, 0.29) is 11.8 Å². The van der Waals surface area contributed by atoms with Gasteiger partial charge in [0.25, 0.3) is 5.89 Å². The van der Waals surface area contributed by atoms with Crippen LogP contribution in [0.2, 0.25) is 0 Å². The van der Waals surface area contributed by atoms with Gasteiger partial charge in [-0.25, -0.2) is 9.97 Å². The van der Waals surface area contributed by atoms with Crippen LogP contribution in [0.1, 0.15) is 27.0 Å². The maximum Gasteiger partial charge on any atom is 0.313 e. The zero-order valence-corrected chi connectivity index (χ0v) is 11.6. The number of rotatable bonds is 2. The number of fused-ring (bicyclic) bond motifs is 1. The van der Waals surface area contributed by atoms with Crippen LogP contribution >= 0.6 is 11.3 Å². The van der Waals surface area contributed by atoms with Crippen molar-refractivity contribution in [1.29, 1.82) is 0 Å². The van der Waals surface area contributed by atoms with Gasteiger partial charge in [-0.05, 0) is 14.0 Å². The van der Waals surface area contributed by atoms with E-state index in [1.165, 1.54) is 22.4 Å². The molecule has 0 spiro atoms. The minimum absolute atomic E-state index is 0.0720. The van der Waals surface area contributed by atoms with Crippen molar-refractivity contribution in [2.24, 2.45) is 0 Å². The van der Waals surface area contributed by atoms with Gasteiger partial charge in [0, 0.05) is 24.4 Å². The summed E-state index contributed by atoms with van der Waals surface area (Å²) in [5.41, 5.74) is 1.09. The number of aromatic nitrogens is 2. The molecule has 0 radical (unpaired) electrons. The topological polar surface area (TPSA) is 71.3 Å². The molecule has 0 bridgehead atoms. The molecule has 1 N–H and O–H groups in total. The van der Waals surface area contributed by atoms with Gasteiger partial charge in [-0.1, -0.05) is 0 Å². The number of oxazole rings is 1. The number of aryl methyl sites for hydroxylation is 1. The Morgan fingerprint density at radius 3 is 3.16 bits per heavy atom. The van der Waals surface area contributed by atoms with Gasteiger partial charge in [0.05, 0.1) is 11.9 Å². The number of nitrogens with zero attached hydrogens (tertiary/aromatic N) is 3. The van der Waals surface area contributed by atoms with Gasteiger partial charge >= 0.3 is 5.91 Å². The second-order valence-electron chi connectivity index (χ2n) is 4.61. The average molecular weight is 278 g/mol. The molecule has 3 rings (SSSR count). The normalized spacial score (nSPS) is 15.3. The molecule has 0 unspecified atom stereocenters. The van der Waals surface area contributed by atoms with Crippen molar-refractivity contribution in [2.45, 2.75) is 19.9 Å². The van der Waals surface area contributed by atoms with Gasteiger partial charge in [0.2, 0.25) is 0 Å². The molecule has 6 nitrogen and oxygen atoms in total. The van der Waals surface area contributed by atoms with Crippen LogP contribution in [0.25, 0.3) is 0 Å². The third-order valence-corrected chi connectivity index (χ3v) is 3.96. The van der Waals surface area contributed by atoms with Crippen molar-refractivity contribution in [3.05, 3.63) is 28.4 Å². The molecule has 0 aromatic carbocycles. The highest BCUT2D eigenvalue weighted by Gasteiger charge is 2.20. The van der Waals surface area contributed by atoms with Crippen molar-refractivity contribution in [1.82, 2.24) is 14.9 Å². The van der Waals surface area contributed by atoms with Crippen molar-refractivity contribution in [3.63, 3.8) is 0 Å². The molecule has 1 amide bonds. The molecule has 2 aromatic heterocycles. The van der Waals surface area contributed by atoms with Gasteiger partial charge < -0.3 is 9.32 Å². The van der Waals surface area contributed by atoms with E-state index in [1.54, 1.807) is 6.92 Å². The summed E-state index contributed by atoms with van der Waals surface area (Å²) in [6.07, 6.45) is 2.45. The second kappa shape index (κ2) is 4.75. The van der Waals surface area contributed by atoms with E-state index >= 15 is 0 Å². The Morgan fingerprint density at radius 2 is 2.42 bits per heavy atom. The van der Waals surface area contributed by atoms with Gasteiger partial charge in [-0.2, -0.15) is 0 Å². The van der Waals surface area contributed by atoms with Crippen LogP contribution < -0.4 is 5.32 Å². The van der Waals surface area contributed by atoms with Crippen LogP contribution in [0.5, 0.6) is 0 Å². The number of thiazole rings is 1. The van der Waals surface area contributed by atoms with Gasteiger partial charge in [0.15, 0.2) is 5.13 Å². The minimum atomic E-state index is -0.354. The third-order valence-electron chi connectivity index (χ3n) is 2.96. The van der Waals surface area contributed by atoms with Crippen LogP contribution in [0.15, 0.2) is 10.6 Å². The molecule has 100 valence electrons. The number of likely N-dealkylation sites (N-methyl/N-ethyl adjacent to an activating group) is 1. The van der Waals surface area contributed by atoms with Crippen LogP contribution in [0.3, 0.4) is 0 Å². The van der Waals surface area contributed by atoms with E-state index in [0.29, 0.717) is 10.9 Å². The lowest BCUT2D eigenvalue weighted by atomic mass is 10.2. The highest BCUT2D eigenvalue weighted by Crippen LogP contribution is 2.27. The SMILES string of the molecule is Cc1cnc(C(=O)Nc2nc3c(s2)CN(C)CC3)o1. The van der Waals surface area contributed by atoms with Crippen LogP contribution in [-0.4, -0.2) is 34.4 Å². The minimum Gasteiger partial charge on any atom is -0.438 e.